The van der Waals surface area contributed by atoms with E-state index in [1.165, 1.54) is 13.3 Å². The third-order valence-corrected chi connectivity index (χ3v) is 3.11. The Hall–Kier alpha value is -2.59. The monoisotopic (exact) mass is 288 g/mol. The lowest BCUT2D eigenvalue weighted by atomic mass is 10.1. The smallest absolute Gasteiger partial charge is 0.246 e. The van der Waals surface area contributed by atoms with Gasteiger partial charge in [-0.3, -0.25) is 4.79 Å². The summed E-state index contributed by atoms with van der Waals surface area (Å²) in [4.78, 5) is 15.6. The predicted molar refractivity (Wildman–Crippen MR) is 75.4 cm³/mol. The molecule has 0 unspecified atom stereocenters. The van der Waals surface area contributed by atoms with Crippen molar-refractivity contribution in [2.45, 2.75) is 12.8 Å². The highest BCUT2D eigenvalue weighted by molar-refractivity contribution is 5.93. The number of nitrogens with two attached hydrogens (primary N) is 1. The third kappa shape index (κ3) is 3.49. The van der Waals surface area contributed by atoms with E-state index in [0.717, 1.165) is 0 Å². The van der Waals surface area contributed by atoms with E-state index in [0.29, 0.717) is 48.6 Å². The molecule has 2 rings (SSSR count). The average molecular weight is 288 g/mol. The standard InChI is InChI=1S/C14H16N4O3/c1-20-14-9(7-15)6-10(8-17-14)18-12-3-5-21-4-2-11(12)13(16)19/h6,8,18H,2-5H2,1H3,(H2,16,19). The van der Waals surface area contributed by atoms with Crippen LogP contribution in [0, 0.1) is 11.3 Å². The van der Waals surface area contributed by atoms with Crippen LogP contribution >= 0.6 is 0 Å². The molecular weight excluding hydrogens is 272 g/mol. The number of pyridine rings is 1. The van der Waals surface area contributed by atoms with Crippen LogP contribution in [0.1, 0.15) is 18.4 Å². The molecule has 0 atom stereocenters. The first kappa shape index (κ1) is 14.8. The molecule has 0 aromatic carbocycles. The maximum Gasteiger partial charge on any atom is 0.246 e. The van der Waals surface area contributed by atoms with E-state index in [-0.39, 0.29) is 5.88 Å². The second-order valence-corrected chi connectivity index (χ2v) is 4.45. The zero-order valence-corrected chi connectivity index (χ0v) is 11.7. The van der Waals surface area contributed by atoms with E-state index in [2.05, 4.69) is 10.3 Å². The Morgan fingerprint density at radius 3 is 2.95 bits per heavy atom. The molecule has 1 amide bonds. The molecule has 0 saturated carbocycles. The van der Waals surface area contributed by atoms with Crippen molar-refractivity contribution in [3.63, 3.8) is 0 Å². The van der Waals surface area contributed by atoms with Gasteiger partial charge in [-0.1, -0.05) is 0 Å². The van der Waals surface area contributed by atoms with Gasteiger partial charge in [0.05, 0.1) is 32.2 Å². The molecule has 0 aliphatic carbocycles. The van der Waals surface area contributed by atoms with Crippen LogP contribution in [0.4, 0.5) is 5.69 Å². The Morgan fingerprint density at radius 2 is 2.29 bits per heavy atom. The molecule has 1 aliphatic heterocycles. The molecule has 0 spiro atoms. The number of aromatic nitrogens is 1. The third-order valence-electron chi connectivity index (χ3n) is 3.11. The van der Waals surface area contributed by atoms with Crippen LogP contribution in [0.3, 0.4) is 0 Å². The number of rotatable bonds is 4. The number of primary amides is 1. The van der Waals surface area contributed by atoms with Crippen molar-refractivity contribution in [2.24, 2.45) is 5.73 Å². The summed E-state index contributed by atoms with van der Waals surface area (Å²) in [5.41, 5.74) is 7.54. The molecule has 1 aromatic rings. The first-order valence-corrected chi connectivity index (χ1v) is 6.46. The first-order chi connectivity index (χ1) is 10.2. The van der Waals surface area contributed by atoms with Gasteiger partial charge in [0.25, 0.3) is 0 Å². The van der Waals surface area contributed by atoms with Crippen LogP contribution < -0.4 is 15.8 Å². The Balaban J connectivity index is 2.31. The molecule has 110 valence electrons. The molecule has 0 saturated heterocycles. The summed E-state index contributed by atoms with van der Waals surface area (Å²) >= 11 is 0. The lowest BCUT2D eigenvalue weighted by Gasteiger charge is -2.13. The van der Waals surface area contributed by atoms with Gasteiger partial charge < -0.3 is 20.5 Å². The van der Waals surface area contributed by atoms with Gasteiger partial charge in [0.15, 0.2) is 0 Å². The van der Waals surface area contributed by atoms with E-state index < -0.39 is 5.91 Å². The van der Waals surface area contributed by atoms with Gasteiger partial charge in [-0.25, -0.2) is 4.98 Å². The number of nitrogens with one attached hydrogen (secondary N) is 1. The van der Waals surface area contributed by atoms with Crippen molar-refractivity contribution < 1.29 is 14.3 Å². The van der Waals surface area contributed by atoms with Crippen molar-refractivity contribution in [3.05, 3.63) is 29.1 Å². The minimum absolute atomic E-state index is 0.261. The maximum atomic E-state index is 11.5. The van der Waals surface area contributed by atoms with Crippen molar-refractivity contribution in [2.75, 3.05) is 25.6 Å². The number of carbonyl (C=O) groups excluding carboxylic acids is 1. The zero-order valence-electron chi connectivity index (χ0n) is 11.7. The average Bonchev–Trinajstić information content (AvgIpc) is 2.72. The van der Waals surface area contributed by atoms with Crippen LogP contribution in [-0.4, -0.2) is 31.2 Å². The minimum Gasteiger partial charge on any atom is -0.480 e. The molecule has 2 heterocycles. The number of nitriles is 1. The second kappa shape index (κ2) is 6.72. The van der Waals surface area contributed by atoms with E-state index in [1.54, 1.807) is 6.07 Å². The molecule has 1 aromatic heterocycles. The highest BCUT2D eigenvalue weighted by Gasteiger charge is 2.17. The second-order valence-electron chi connectivity index (χ2n) is 4.45. The lowest BCUT2D eigenvalue weighted by Crippen LogP contribution is -2.18. The fraction of sp³-hybridized carbons (Fsp3) is 0.357. The summed E-state index contributed by atoms with van der Waals surface area (Å²) in [7, 11) is 1.45. The number of hydrogen-bond acceptors (Lipinski definition) is 6. The van der Waals surface area contributed by atoms with Crippen LogP contribution in [0.2, 0.25) is 0 Å². The number of nitrogens with zero attached hydrogens (tertiary/aromatic N) is 2. The highest BCUT2D eigenvalue weighted by atomic mass is 16.5. The summed E-state index contributed by atoms with van der Waals surface area (Å²) in [6, 6.07) is 3.62. The molecule has 1 aliphatic rings. The summed E-state index contributed by atoms with van der Waals surface area (Å²) in [5, 5.41) is 12.2. The topological polar surface area (TPSA) is 110 Å². The molecule has 3 N–H and O–H groups in total. The Kier molecular flexibility index (Phi) is 4.74. The van der Waals surface area contributed by atoms with Gasteiger partial charge >= 0.3 is 0 Å². The van der Waals surface area contributed by atoms with Crippen molar-refractivity contribution in [3.8, 4) is 11.9 Å². The van der Waals surface area contributed by atoms with Crippen LogP contribution in [0.5, 0.6) is 5.88 Å². The number of carbonyl (C=O) groups is 1. The maximum absolute atomic E-state index is 11.5. The molecule has 7 nitrogen and oxygen atoms in total. The van der Waals surface area contributed by atoms with Gasteiger partial charge in [-0.15, -0.1) is 0 Å². The lowest BCUT2D eigenvalue weighted by molar-refractivity contribution is -0.114. The molecular formula is C14H16N4O3. The van der Waals surface area contributed by atoms with E-state index in [9.17, 15) is 4.79 Å². The normalized spacial score (nSPS) is 15.0. The quantitative estimate of drug-likeness (QED) is 0.852. The summed E-state index contributed by atoms with van der Waals surface area (Å²) < 4.78 is 10.3. The zero-order chi connectivity index (χ0) is 15.2. The molecule has 7 heteroatoms. The molecule has 21 heavy (non-hydrogen) atoms. The van der Waals surface area contributed by atoms with Gasteiger partial charge in [-0.05, 0) is 6.07 Å². The predicted octanol–water partition coefficient (Wildman–Crippen LogP) is 0.924. The number of methoxy groups -OCH3 is 1. The number of hydrogen-bond donors (Lipinski definition) is 2. The van der Waals surface area contributed by atoms with E-state index >= 15 is 0 Å². The summed E-state index contributed by atoms with van der Waals surface area (Å²) in [5.74, 6) is -0.207. The summed E-state index contributed by atoms with van der Waals surface area (Å²) in [6.07, 6.45) is 2.55. The minimum atomic E-state index is -0.468. The molecule has 0 fully saturated rings. The van der Waals surface area contributed by atoms with Gasteiger partial charge in [-0.2, -0.15) is 5.26 Å². The fourth-order valence-corrected chi connectivity index (χ4v) is 2.10. The SMILES string of the molecule is COc1ncc(NC2=C(C(N)=O)CCOCC2)cc1C#N. The van der Waals surface area contributed by atoms with E-state index in [4.69, 9.17) is 20.5 Å². The Morgan fingerprint density at radius 1 is 1.52 bits per heavy atom. The van der Waals surface area contributed by atoms with E-state index in [1.807, 2.05) is 6.07 Å². The first-order valence-electron chi connectivity index (χ1n) is 6.46. The Bertz CT molecular complexity index is 619. The number of ether oxygens (including phenoxy) is 2. The Labute approximate surface area is 122 Å². The number of amides is 1. The van der Waals surface area contributed by atoms with Crippen LogP contribution in [-0.2, 0) is 9.53 Å². The van der Waals surface area contributed by atoms with Crippen LogP contribution in [0.25, 0.3) is 0 Å². The van der Waals surface area contributed by atoms with Crippen molar-refractivity contribution in [1.29, 1.82) is 5.26 Å². The van der Waals surface area contributed by atoms with Crippen LogP contribution in [0.15, 0.2) is 23.5 Å². The molecule has 0 radical (unpaired) electrons. The van der Waals surface area contributed by atoms with Gasteiger partial charge in [0, 0.05) is 24.1 Å². The van der Waals surface area contributed by atoms with Gasteiger partial charge in [0.2, 0.25) is 11.8 Å². The highest BCUT2D eigenvalue weighted by Crippen LogP contribution is 2.23. The largest absolute Gasteiger partial charge is 0.480 e. The number of anilines is 1. The van der Waals surface area contributed by atoms with Crippen molar-refractivity contribution >= 4 is 11.6 Å². The molecule has 0 bridgehead atoms. The summed E-state index contributed by atoms with van der Waals surface area (Å²) in [6.45, 7) is 0.974. The van der Waals surface area contributed by atoms with Gasteiger partial charge in [0.1, 0.15) is 11.6 Å². The fourth-order valence-electron chi connectivity index (χ4n) is 2.10. The van der Waals surface area contributed by atoms with Crippen molar-refractivity contribution in [1.82, 2.24) is 4.98 Å².